The molecular weight excluding hydrogens is 298 g/mol. The lowest BCUT2D eigenvalue weighted by Crippen LogP contribution is -2.43. The lowest BCUT2D eigenvalue weighted by atomic mass is 9.88. The number of anilines is 1. The van der Waals surface area contributed by atoms with E-state index < -0.39 is 0 Å². The highest BCUT2D eigenvalue weighted by Gasteiger charge is 2.27. The van der Waals surface area contributed by atoms with Gasteiger partial charge in [0, 0.05) is 25.6 Å². The first-order valence-corrected chi connectivity index (χ1v) is 8.11. The summed E-state index contributed by atoms with van der Waals surface area (Å²) in [5.41, 5.74) is 0. The van der Waals surface area contributed by atoms with Gasteiger partial charge in [0.25, 0.3) is 0 Å². The fourth-order valence-corrected chi connectivity index (χ4v) is 2.86. The summed E-state index contributed by atoms with van der Waals surface area (Å²) in [6, 6.07) is 1.64. The van der Waals surface area contributed by atoms with Crippen molar-refractivity contribution in [2.45, 2.75) is 39.0 Å². The van der Waals surface area contributed by atoms with Gasteiger partial charge in [0.1, 0.15) is 5.76 Å². The van der Waals surface area contributed by atoms with Crippen LogP contribution in [-0.2, 0) is 14.3 Å². The molecule has 0 radical (unpaired) electrons. The number of methoxy groups -OCH3 is 1. The molecule has 0 unspecified atom stereocenters. The maximum atomic E-state index is 12.7. The fraction of sp³-hybridized carbons (Fsp3) is 0.688. The zero-order valence-corrected chi connectivity index (χ0v) is 13.8. The summed E-state index contributed by atoms with van der Waals surface area (Å²) < 4.78 is 9.97. The fourth-order valence-electron chi connectivity index (χ4n) is 2.86. The Morgan fingerprint density at radius 1 is 1.39 bits per heavy atom. The highest BCUT2D eigenvalue weighted by atomic mass is 16.5. The van der Waals surface area contributed by atoms with Crippen LogP contribution in [0.15, 0.2) is 10.6 Å². The topological polar surface area (TPSA) is 84.7 Å². The number of ether oxygens (including phenoxy) is 1. The second-order valence-corrected chi connectivity index (χ2v) is 5.96. The third kappa shape index (κ3) is 5.35. The number of carbonyl (C=O) groups is 2. The lowest BCUT2D eigenvalue weighted by molar-refractivity contribution is -0.139. The number of carbonyl (C=O) groups excluding carboxylic acids is 2. The van der Waals surface area contributed by atoms with Crippen molar-refractivity contribution in [3.8, 4) is 0 Å². The third-order valence-electron chi connectivity index (χ3n) is 4.06. The van der Waals surface area contributed by atoms with Gasteiger partial charge in [-0.2, -0.15) is 0 Å². The molecular formula is C16H25N3O4. The summed E-state index contributed by atoms with van der Waals surface area (Å²) in [6.07, 6.45) is 5.17. The predicted octanol–water partition coefficient (Wildman–Crippen LogP) is 1.98. The summed E-state index contributed by atoms with van der Waals surface area (Å²) in [6.45, 7) is 2.58. The van der Waals surface area contributed by atoms with Crippen LogP contribution >= 0.6 is 0 Å². The Morgan fingerprint density at radius 3 is 2.74 bits per heavy atom. The molecule has 1 fully saturated rings. The van der Waals surface area contributed by atoms with Crippen LogP contribution in [0, 0.1) is 12.8 Å². The number of aryl methyl sites for hydroxylation is 1. The molecule has 1 heterocycles. The van der Waals surface area contributed by atoms with Crippen LogP contribution in [0.2, 0.25) is 0 Å². The zero-order chi connectivity index (χ0) is 16.7. The second-order valence-electron chi connectivity index (χ2n) is 5.96. The minimum atomic E-state index is -0.279. The number of amides is 2. The number of nitrogens with zero attached hydrogens (tertiary/aromatic N) is 2. The summed E-state index contributed by atoms with van der Waals surface area (Å²) in [4.78, 5) is 26.4. The van der Waals surface area contributed by atoms with Crippen molar-refractivity contribution in [2.24, 2.45) is 5.92 Å². The molecule has 1 aliphatic carbocycles. The van der Waals surface area contributed by atoms with E-state index in [0.717, 1.165) is 25.7 Å². The first kappa shape index (κ1) is 17.5. The number of rotatable bonds is 7. The van der Waals surface area contributed by atoms with Gasteiger partial charge in [0.2, 0.25) is 11.8 Å². The molecule has 0 bridgehead atoms. The average Bonchev–Trinajstić information content (AvgIpc) is 2.96. The standard InChI is InChI=1S/C16H25N3O4/c1-12-10-14(18-23-12)17-15(20)11-19(8-9-22-2)16(21)13-6-4-3-5-7-13/h10,13H,3-9,11H2,1-2H3,(H,17,18,20). The Morgan fingerprint density at radius 2 is 2.13 bits per heavy atom. The molecule has 0 saturated heterocycles. The van der Waals surface area contributed by atoms with E-state index >= 15 is 0 Å². The number of nitrogens with one attached hydrogen (secondary N) is 1. The molecule has 128 valence electrons. The monoisotopic (exact) mass is 323 g/mol. The minimum absolute atomic E-state index is 0.00456. The summed E-state index contributed by atoms with van der Waals surface area (Å²) in [5.74, 6) is 0.786. The Hall–Kier alpha value is -1.89. The van der Waals surface area contributed by atoms with Gasteiger partial charge in [-0.3, -0.25) is 9.59 Å². The Balaban J connectivity index is 1.93. The maximum absolute atomic E-state index is 12.7. The molecule has 7 nitrogen and oxygen atoms in total. The highest BCUT2D eigenvalue weighted by Crippen LogP contribution is 2.25. The van der Waals surface area contributed by atoms with Gasteiger partial charge in [-0.1, -0.05) is 24.4 Å². The third-order valence-corrected chi connectivity index (χ3v) is 4.06. The van der Waals surface area contributed by atoms with E-state index in [1.165, 1.54) is 6.42 Å². The van der Waals surface area contributed by atoms with E-state index in [9.17, 15) is 9.59 Å². The van der Waals surface area contributed by atoms with Crippen LogP contribution in [-0.4, -0.2) is 48.7 Å². The van der Waals surface area contributed by atoms with Crippen molar-refractivity contribution < 1.29 is 18.8 Å². The van der Waals surface area contributed by atoms with E-state index in [1.54, 1.807) is 25.0 Å². The molecule has 2 amide bonds. The molecule has 2 rings (SSSR count). The van der Waals surface area contributed by atoms with E-state index in [4.69, 9.17) is 9.26 Å². The Kier molecular flexibility index (Phi) is 6.58. The van der Waals surface area contributed by atoms with Gasteiger partial charge >= 0.3 is 0 Å². The quantitative estimate of drug-likeness (QED) is 0.829. The van der Waals surface area contributed by atoms with Gasteiger partial charge in [0.15, 0.2) is 5.82 Å². The van der Waals surface area contributed by atoms with Crippen LogP contribution in [0.1, 0.15) is 37.9 Å². The highest BCUT2D eigenvalue weighted by molar-refractivity contribution is 5.94. The van der Waals surface area contributed by atoms with Crippen molar-refractivity contribution >= 4 is 17.6 Å². The van der Waals surface area contributed by atoms with E-state index in [2.05, 4.69) is 10.5 Å². The predicted molar refractivity (Wildman–Crippen MR) is 84.9 cm³/mol. The van der Waals surface area contributed by atoms with E-state index in [1.807, 2.05) is 0 Å². The summed E-state index contributed by atoms with van der Waals surface area (Å²) in [5, 5.41) is 6.37. The number of hydrogen-bond acceptors (Lipinski definition) is 5. The average molecular weight is 323 g/mol. The van der Waals surface area contributed by atoms with Gasteiger partial charge in [-0.15, -0.1) is 0 Å². The molecule has 0 spiro atoms. The van der Waals surface area contributed by atoms with Gasteiger partial charge in [-0.05, 0) is 19.8 Å². The summed E-state index contributed by atoms with van der Waals surface area (Å²) in [7, 11) is 1.58. The molecule has 0 aromatic carbocycles. The van der Waals surface area contributed by atoms with Crippen molar-refractivity contribution in [2.75, 3.05) is 32.1 Å². The lowest BCUT2D eigenvalue weighted by Gasteiger charge is -2.28. The minimum Gasteiger partial charge on any atom is -0.383 e. The molecule has 7 heteroatoms. The number of hydrogen-bond donors (Lipinski definition) is 1. The first-order valence-electron chi connectivity index (χ1n) is 8.11. The van der Waals surface area contributed by atoms with Gasteiger partial charge in [0.05, 0.1) is 13.2 Å². The Bertz CT molecular complexity index is 523. The van der Waals surface area contributed by atoms with Crippen molar-refractivity contribution in [3.05, 3.63) is 11.8 Å². The van der Waals surface area contributed by atoms with Crippen molar-refractivity contribution in [3.63, 3.8) is 0 Å². The van der Waals surface area contributed by atoms with Crippen LogP contribution in [0.25, 0.3) is 0 Å². The summed E-state index contributed by atoms with van der Waals surface area (Å²) >= 11 is 0. The molecule has 0 aliphatic heterocycles. The van der Waals surface area contributed by atoms with Gasteiger partial charge in [-0.25, -0.2) is 0 Å². The Labute approximate surface area is 136 Å². The SMILES string of the molecule is COCCN(CC(=O)Nc1cc(C)on1)C(=O)C1CCCCC1. The smallest absolute Gasteiger partial charge is 0.245 e. The molecule has 1 aromatic rings. The van der Waals surface area contributed by atoms with E-state index in [0.29, 0.717) is 24.7 Å². The van der Waals surface area contributed by atoms with Crippen LogP contribution in [0.3, 0.4) is 0 Å². The van der Waals surface area contributed by atoms with E-state index in [-0.39, 0.29) is 24.3 Å². The zero-order valence-electron chi connectivity index (χ0n) is 13.8. The van der Waals surface area contributed by atoms with Gasteiger partial charge < -0.3 is 19.5 Å². The van der Waals surface area contributed by atoms with Crippen LogP contribution < -0.4 is 5.32 Å². The van der Waals surface area contributed by atoms with Crippen LogP contribution in [0.4, 0.5) is 5.82 Å². The molecule has 1 aliphatic rings. The molecule has 1 saturated carbocycles. The largest absolute Gasteiger partial charge is 0.383 e. The van der Waals surface area contributed by atoms with Crippen molar-refractivity contribution in [1.29, 1.82) is 0 Å². The van der Waals surface area contributed by atoms with Crippen LogP contribution in [0.5, 0.6) is 0 Å². The normalized spacial score (nSPS) is 15.4. The molecule has 0 atom stereocenters. The first-order chi connectivity index (χ1) is 11.1. The second kappa shape index (κ2) is 8.67. The maximum Gasteiger partial charge on any atom is 0.245 e. The van der Waals surface area contributed by atoms with Crippen molar-refractivity contribution in [1.82, 2.24) is 10.1 Å². The molecule has 1 aromatic heterocycles. The number of aromatic nitrogens is 1. The molecule has 23 heavy (non-hydrogen) atoms. The molecule has 1 N–H and O–H groups in total.